The van der Waals surface area contributed by atoms with E-state index in [2.05, 4.69) is 22.1 Å². The molecule has 134 valence electrons. The minimum atomic E-state index is -0.296. The maximum atomic E-state index is 13.0. The lowest BCUT2D eigenvalue weighted by molar-refractivity contribution is -0.120. The Morgan fingerprint density at radius 3 is 2.56 bits per heavy atom. The summed E-state index contributed by atoms with van der Waals surface area (Å²) in [6, 6.07) is 5.94. The van der Waals surface area contributed by atoms with Crippen molar-refractivity contribution in [3.05, 3.63) is 47.8 Å². The quantitative estimate of drug-likeness (QED) is 0.517. The number of halogens is 1. The molecule has 0 aliphatic heterocycles. The van der Waals surface area contributed by atoms with Crippen molar-refractivity contribution < 1.29 is 9.18 Å². The van der Waals surface area contributed by atoms with E-state index in [-0.39, 0.29) is 23.0 Å². The molecule has 0 fully saturated rings. The third-order valence-corrected chi connectivity index (χ3v) is 6.68. The number of benzene rings is 1. The number of hydrogen-bond donors (Lipinski definition) is 1. The van der Waals surface area contributed by atoms with E-state index in [0.29, 0.717) is 0 Å². The predicted molar refractivity (Wildman–Crippen MR) is 104 cm³/mol. The van der Waals surface area contributed by atoms with Crippen molar-refractivity contribution in [1.29, 1.82) is 0 Å². The molecule has 1 amide bonds. The van der Waals surface area contributed by atoms with Crippen LogP contribution < -0.4 is 5.32 Å². The summed E-state index contributed by atoms with van der Waals surface area (Å²) in [5, 5.41) is 10.9. The number of thioether (sulfide) groups is 2. The number of nitrogens with one attached hydrogen (secondary N) is 1. The molecule has 2 atom stereocenters. The highest BCUT2D eigenvalue weighted by Gasteiger charge is 2.19. The van der Waals surface area contributed by atoms with Crippen molar-refractivity contribution >= 4 is 40.8 Å². The monoisotopic (exact) mass is 397 g/mol. The summed E-state index contributed by atoms with van der Waals surface area (Å²) in [6.07, 6.45) is 0. The van der Waals surface area contributed by atoms with Crippen LogP contribution in [0.5, 0.6) is 0 Å². The van der Waals surface area contributed by atoms with Crippen LogP contribution in [0.2, 0.25) is 0 Å². The van der Waals surface area contributed by atoms with Gasteiger partial charge in [0, 0.05) is 5.75 Å². The number of hydrogen-bond acceptors (Lipinski definition) is 6. The summed E-state index contributed by atoms with van der Waals surface area (Å²) in [6.45, 7) is 9.54. The Morgan fingerprint density at radius 2 is 1.92 bits per heavy atom. The van der Waals surface area contributed by atoms with Crippen LogP contribution in [0, 0.1) is 5.82 Å². The SMILES string of the molecule is C=C(C)CSc1nnc(S[C@@H](C)C(=O)N[C@H](C)c2ccc(F)cc2)s1. The molecule has 1 aromatic heterocycles. The zero-order valence-electron chi connectivity index (χ0n) is 14.3. The molecule has 0 spiro atoms. The van der Waals surface area contributed by atoms with E-state index < -0.39 is 0 Å². The highest BCUT2D eigenvalue weighted by atomic mass is 32.2. The average molecular weight is 398 g/mol. The van der Waals surface area contributed by atoms with E-state index in [1.165, 1.54) is 35.2 Å². The van der Waals surface area contributed by atoms with Gasteiger partial charge < -0.3 is 5.32 Å². The molecule has 0 aliphatic rings. The average Bonchev–Trinajstić information content (AvgIpc) is 3.00. The molecule has 0 aliphatic carbocycles. The number of aromatic nitrogens is 2. The predicted octanol–water partition coefficient (Wildman–Crippen LogP) is 4.70. The first kappa shape index (κ1) is 19.9. The first-order valence-electron chi connectivity index (χ1n) is 7.68. The number of nitrogens with zero attached hydrogens (tertiary/aromatic N) is 2. The minimum absolute atomic E-state index is 0.0897. The summed E-state index contributed by atoms with van der Waals surface area (Å²) < 4.78 is 14.6. The Labute approximate surface area is 159 Å². The molecule has 1 heterocycles. The van der Waals surface area contributed by atoms with Crippen molar-refractivity contribution in [2.75, 3.05) is 5.75 Å². The second kappa shape index (κ2) is 9.35. The Kier molecular flexibility index (Phi) is 7.46. The van der Waals surface area contributed by atoms with Gasteiger partial charge in [-0.05, 0) is 38.5 Å². The summed E-state index contributed by atoms with van der Waals surface area (Å²) in [5.74, 6) is 0.431. The normalized spacial score (nSPS) is 13.3. The van der Waals surface area contributed by atoms with Gasteiger partial charge in [0.25, 0.3) is 0 Å². The number of amides is 1. The van der Waals surface area contributed by atoms with Gasteiger partial charge in [0.1, 0.15) is 5.82 Å². The summed E-state index contributed by atoms with van der Waals surface area (Å²) in [5.41, 5.74) is 1.94. The van der Waals surface area contributed by atoms with E-state index in [4.69, 9.17) is 0 Å². The molecular weight excluding hydrogens is 377 g/mol. The van der Waals surface area contributed by atoms with Crippen molar-refractivity contribution in [1.82, 2.24) is 15.5 Å². The molecule has 0 saturated carbocycles. The van der Waals surface area contributed by atoms with Gasteiger partial charge in [0.2, 0.25) is 5.91 Å². The van der Waals surface area contributed by atoms with Gasteiger partial charge in [-0.15, -0.1) is 10.2 Å². The molecule has 2 aromatic rings. The molecule has 0 bridgehead atoms. The summed E-state index contributed by atoms with van der Waals surface area (Å²) in [7, 11) is 0. The van der Waals surface area contributed by atoms with Crippen LogP contribution in [0.3, 0.4) is 0 Å². The van der Waals surface area contributed by atoms with Gasteiger partial charge >= 0.3 is 0 Å². The molecule has 2 rings (SSSR count). The lowest BCUT2D eigenvalue weighted by Crippen LogP contribution is -2.33. The largest absolute Gasteiger partial charge is 0.349 e. The van der Waals surface area contributed by atoms with Crippen LogP contribution in [0.25, 0.3) is 0 Å². The molecule has 1 N–H and O–H groups in total. The van der Waals surface area contributed by atoms with Gasteiger partial charge in [-0.1, -0.05) is 59.1 Å². The third-order valence-electron chi connectivity index (χ3n) is 3.21. The summed E-state index contributed by atoms with van der Waals surface area (Å²) in [4.78, 5) is 12.4. The Bertz CT molecular complexity index is 733. The Hall–Kier alpha value is -1.38. The lowest BCUT2D eigenvalue weighted by Gasteiger charge is -2.17. The molecule has 25 heavy (non-hydrogen) atoms. The fraction of sp³-hybridized carbons (Fsp3) is 0.353. The van der Waals surface area contributed by atoms with Crippen molar-refractivity contribution in [2.24, 2.45) is 0 Å². The van der Waals surface area contributed by atoms with Crippen LogP contribution in [0.4, 0.5) is 4.39 Å². The lowest BCUT2D eigenvalue weighted by atomic mass is 10.1. The number of carbonyl (C=O) groups is 1. The van der Waals surface area contributed by atoms with E-state index in [1.807, 2.05) is 20.8 Å². The Balaban J connectivity index is 1.87. The standard InChI is InChI=1S/C17H20FN3OS3/c1-10(2)9-23-16-20-21-17(25-16)24-12(4)15(22)19-11(3)13-5-7-14(18)8-6-13/h5-8,11-12H,1,9H2,2-4H3,(H,19,22)/t11-,12+/m1/s1. The van der Waals surface area contributed by atoms with Crippen LogP contribution in [-0.2, 0) is 4.79 Å². The van der Waals surface area contributed by atoms with Gasteiger partial charge in [-0.2, -0.15) is 0 Å². The van der Waals surface area contributed by atoms with E-state index in [0.717, 1.165) is 25.6 Å². The van der Waals surface area contributed by atoms with Crippen LogP contribution in [-0.4, -0.2) is 27.1 Å². The van der Waals surface area contributed by atoms with E-state index >= 15 is 0 Å². The zero-order valence-corrected chi connectivity index (χ0v) is 16.7. The minimum Gasteiger partial charge on any atom is -0.349 e. The van der Waals surface area contributed by atoms with Crippen LogP contribution in [0.15, 0.2) is 45.1 Å². The van der Waals surface area contributed by atoms with E-state index in [1.54, 1.807) is 23.9 Å². The Morgan fingerprint density at radius 1 is 1.28 bits per heavy atom. The van der Waals surface area contributed by atoms with Crippen molar-refractivity contribution in [3.8, 4) is 0 Å². The first-order valence-corrected chi connectivity index (χ1v) is 10.4. The molecular formula is C17H20FN3OS3. The van der Waals surface area contributed by atoms with Gasteiger partial charge in [0.05, 0.1) is 11.3 Å². The maximum Gasteiger partial charge on any atom is 0.233 e. The smallest absolute Gasteiger partial charge is 0.233 e. The highest BCUT2D eigenvalue weighted by Crippen LogP contribution is 2.32. The van der Waals surface area contributed by atoms with Crippen LogP contribution in [0.1, 0.15) is 32.4 Å². The zero-order chi connectivity index (χ0) is 18.4. The second-order valence-electron chi connectivity index (χ2n) is 5.62. The molecule has 1 aromatic carbocycles. The molecule has 0 unspecified atom stereocenters. The topological polar surface area (TPSA) is 54.9 Å². The summed E-state index contributed by atoms with van der Waals surface area (Å²) >= 11 is 4.46. The highest BCUT2D eigenvalue weighted by molar-refractivity contribution is 8.04. The van der Waals surface area contributed by atoms with Gasteiger partial charge in [0.15, 0.2) is 8.68 Å². The van der Waals surface area contributed by atoms with Gasteiger partial charge in [-0.25, -0.2) is 4.39 Å². The first-order chi connectivity index (χ1) is 11.8. The molecule has 0 saturated heterocycles. The number of rotatable bonds is 8. The van der Waals surface area contributed by atoms with Gasteiger partial charge in [-0.3, -0.25) is 4.79 Å². The molecule has 0 radical (unpaired) electrons. The van der Waals surface area contributed by atoms with E-state index in [9.17, 15) is 9.18 Å². The van der Waals surface area contributed by atoms with Crippen molar-refractivity contribution in [3.63, 3.8) is 0 Å². The molecule has 8 heteroatoms. The molecule has 4 nitrogen and oxygen atoms in total. The second-order valence-corrected chi connectivity index (χ2v) is 9.41. The third kappa shape index (κ3) is 6.45. The van der Waals surface area contributed by atoms with Crippen molar-refractivity contribution in [2.45, 2.75) is 40.7 Å². The fourth-order valence-corrected chi connectivity index (χ4v) is 4.87. The fourth-order valence-electron chi connectivity index (χ4n) is 1.86. The maximum absolute atomic E-state index is 13.0. The number of carbonyl (C=O) groups excluding carboxylic acids is 1. The van der Waals surface area contributed by atoms with Crippen LogP contribution >= 0.6 is 34.9 Å².